The van der Waals surface area contributed by atoms with E-state index in [0.29, 0.717) is 28.9 Å². The van der Waals surface area contributed by atoms with Crippen LogP contribution in [0.25, 0.3) is 10.9 Å². The number of ether oxygens (including phenoxy) is 2. The summed E-state index contributed by atoms with van der Waals surface area (Å²) < 4.78 is 11.7. The molecule has 2 N–H and O–H groups in total. The van der Waals surface area contributed by atoms with Gasteiger partial charge in [0.05, 0.1) is 6.54 Å². The van der Waals surface area contributed by atoms with Gasteiger partial charge in [-0.15, -0.1) is 0 Å². The van der Waals surface area contributed by atoms with Crippen LogP contribution in [-0.4, -0.2) is 30.1 Å². The van der Waals surface area contributed by atoms with Gasteiger partial charge in [0.1, 0.15) is 12.7 Å². The summed E-state index contributed by atoms with van der Waals surface area (Å²) in [5.41, 5.74) is 2.98. The Morgan fingerprint density at radius 3 is 2.61 bits per heavy atom. The molecule has 2 atom stereocenters. The van der Waals surface area contributed by atoms with Crippen molar-refractivity contribution in [2.45, 2.75) is 18.4 Å². The van der Waals surface area contributed by atoms with Crippen LogP contribution in [0.15, 0.2) is 72.9 Å². The van der Waals surface area contributed by atoms with Gasteiger partial charge in [-0.25, -0.2) is 0 Å². The Kier molecular flexibility index (Phi) is 6.16. The second kappa shape index (κ2) is 9.38. The number of benzene rings is 3. The van der Waals surface area contributed by atoms with Crippen molar-refractivity contribution in [2.75, 3.05) is 13.2 Å². The number of fused-ring (bicyclic) bond motifs is 2. The first-order valence-corrected chi connectivity index (χ1v) is 11.5. The van der Waals surface area contributed by atoms with E-state index in [4.69, 9.17) is 32.7 Å². The van der Waals surface area contributed by atoms with Crippen LogP contribution in [0.5, 0.6) is 11.5 Å². The standard InChI is InChI=1S/C26H22Cl2N2O3/c27-17-7-5-16(6-8-17)20(22-14-29-23-10-9-18(28)11-21(22)23)12-26(31)30-13-19-15-32-24-3-1-2-4-25(24)33-19/h1-11,14,19-20,29H,12-13,15H2,(H,30,31)/t19-,20+/m1/s1. The van der Waals surface area contributed by atoms with Gasteiger partial charge in [-0.2, -0.15) is 0 Å². The first-order valence-electron chi connectivity index (χ1n) is 10.7. The molecule has 1 amide bonds. The summed E-state index contributed by atoms with van der Waals surface area (Å²) in [6.07, 6.45) is 1.97. The Morgan fingerprint density at radius 1 is 1.03 bits per heavy atom. The van der Waals surface area contributed by atoms with Crippen molar-refractivity contribution in [3.05, 3.63) is 94.1 Å². The molecule has 0 spiro atoms. The molecule has 0 fully saturated rings. The van der Waals surface area contributed by atoms with E-state index >= 15 is 0 Å². The van der Waals surface area contributed by atoms with E-state index in [1.54, 1.807) is 0 Å². The Hall–Kier alpha value is -3.15. The van der Waals surface area contributed by atoms with Crippen LogP contribution in [0.3, 0.4) is 0 Å². The maximum Gasteiger partial charge on any atom is 0.221 e. The molecule has 0 radical (unpaired) electrons. The SMILES string of the molecule is O=C(C[C@@H](c1ccc(Cl)cc1)c1c[nH]c2ccc(Cl)cc12)NC[C@@H]1COc2ccccc2O1. The zero-order valence-electron chi connectivity index (χ0n) is 17.7. The molecule has 3 aromatic carbocycles. The minimum atomic E-state index is -0.246. The summed E-state index contributed by atoms with van der Waals surface area (Å²) in [6.45, 7) is 0.749. The predicted octanol–water partition coefficient (Wildman–Crippen LogP) is 5.95. The van der Waals surface area contributed by atoms with Crippen molar-refractivity contribution in [2.24, 2.45) is 0 Å². The number of hydrogen-bond acceptors (Lipinski definition) is 3. The number of aromatic nitrogens is 1. The lowest BCUT2D eigenvalue weighted by molar-refractivity contribution is -0.121. The third kappa shape index (κ3) is 4.80. The second-order valence-electron chi connectivity index (χ2n) is 8.04. The topological polar surface area (TPSA) is 63.4 Å². The molecule has 33 heavy (non-hydrogen) atoms. The van der Waals surface area contributed by atoms with Crippen LogP contribution in [0, 0.1) is 0 Å². The van der Waals surface area contributed by atoms with Crippen molar-refractivity contribution in [3.8, 4) is 11.5 Å². The zero-order chi connectivity index (χ0) is 22.8. The fourth-order valence-electron chi connectivity index (χ4n) is 4.15. The quantitative estimate of drug-likeness (QED) is 0.358. The Bertz CT molecular complexity index is 1290. The first kappa shape index (κ1) is 21.7. The van der Waals surface area contributed by atoms with Crippen LogP contribution >= 0.6 is 23.2 Å². The fourth-order valence-corrected chi connectivity index (χ4v) is 4.45. The molecule has 1 aromatic heterocycles. The molecule has 5 nitrogen and oxygen atoms in total. The number of aromatic amines is 1. The largest absolute Gasteiger partial charge is 0.486 e. The Balaban J connectivity index is 1.33. The number of rotatable bonds is 6. The van der Waals surface area contributed by atoms with Gasteiger partial charge in [0.25, 0.3) is 0 Å². The second-order valence-corrected chi connectivity index (χ2v) is 8.92. The third-order valence-corrected chi connectivity index (χ3v) is 6.29. The highest BCUT2D eigenvalue weighted by Gasteiger charge is 2.24. The molecule has 4 aromatic rings. The predicted molar refractivity (Wildman–Crippen MR) is 131 cm³/mol. The minimum absolute atomic E-state index is 0.0752. The number of hydrogen-bond donors (Lipinski definition) is 2. The van der Waals surface area contributed by atoms with Gasteiger partial charge in [0, 0.05) is 39.5 Å². The van der Waals surface area contributed by atoms with Crippen LogP contribution < -0.4 is 14.8 Å². The van der Waals surface area contributed by atoms with Gasteiger partial charge >= 0.3 is 0 Å². The summed E-state index contributed by atoms with van der Waals surface area (Å²) in [7, 11) is 0. The molecule has 168 valence electrons. The van der Waals surface area contributed by atoms with Crippen LogP contribution in [0.1, 0.15) is 23.5 Å². The maximum atomic E-state index is 13.0. The zero-order valence-corrected chi connectivity index (χ0v) is 19.2. The monoisotopic (exact) mass is 480 g/mol. The van der Waals surface area contributed by atoms with Gasteiger partial charge in [0.2, 0.25) is 5.91 Å². The number of nitrogens with one attached hydrogen (secondary N) is 2. The van der Waals surface area contributed by atoms with Crippen molar-refractivity contribution < 1.29 is 14.3 Å². The van der Waals surface area contributed by atoms with E-state index in [2.05, 4.69) is 10.3 Å². The molecule has 0 bridgehead atoms. The smallest absolute Gasteiger partial charge is 0.221 e. The molecule has 7 heteroatoms. The molecular formula is C26H22Cl2N2O3. The first-order chi connectivity index (χ1) is 16.1. The molecule has 1 aliphatic rings. The van der Waals surface area contributed by atoms with Crippen molar-refractivity contribution in [1.29, 1.82) is 0 Å². The van der Waals surface area contributed by atoms with E-state index < -0.39 is 0 Å². The molecule has 0 unspecified atom stereocenters. The van der Waals surface area contributed by atoms with E-state index in [1.807, 2.05) is 72.9 Å². The van der Waals surface area contributed by atoms with Gasteiger partial charge in [-0.3, -0.25) is 4.79 Å². The summed E-state index contributed by atoms with van der Waals surface area (Å²) in [4.78, 5) is 16.3. The molecule has 0 saturated carbocycles. The molecule has 0 aliphatic carbocycles. The van der Waals surface area contributed by atoms with Crippen LogP contribution in [0.2, 0.25) is 10.0 Å². The number of carbonyl (C=O) groups is 1. The Labute approximate surface area is 201 Å². The highest BCUT2D eigenvalue weighted by atomic mass is 35.5. The molecular weight excluding hydrogens is 459 g/mol. The summed E-state index contributed by atoms with van der Waals surface area (Å²) in [5.74, 6) is 1.17. The molecule has 0 saturated heterocycles. The number of para-hydroxylation sites is 2. The van der Waals surface area contributed by atoms with Gasteiger partial charge in [-0.1, -0.05) is 47.5 Å². The van der Waals surface area contributed by atoms with E-state index in [1.165, 1.54) is 0 Å². The summed E-state index contributed by atoms with van der Waals surface area (Å²) in [6, 6.07) is 20.8. The van der Waals surface area contributed by atoms with Crippen LogP contribution in [0.4, 0.5) is 0 Å². The highest BCUT2D eigenvalue weighted by molar-refractivity contribution is 6.31. The lowest BCUT2D eigenvalue weighted by atomic mass is 9.88. The number of halogens is 2. The summed E-state index contributed by atoms with van der Waals surface area (Å²) in [5, 5.41) is 5.31. The summed E-state index contributed by atoms with van der Waals surface area (Å²) >= 11 is 12.4. The number of H-pyrrole nitrogens is 1. The number of carbonyl (C=O) groups excluding carboxylic acids is 1. The molecule has 1 aliphatic heterocycles. The fraction of sp³-hybridized carbons (Fsp3) is 0.192. The Morgan fingerprint density at radius 2 is 1.79 bits per heavy atom. The van der Waals surface area contributed by atoms with Crippen molar-refractivity contribution in [3.63, 3.8) is 0 Å². The van der Waals surface area contributed by atoms with Gasteiger partial charge < -0.3 is 19.8 Å². The van der Waals surface area contributed by atoms with Crippen molar-refractivity contribution in [1.82, 2.24) is 10.3 Å². The lowest BCUT2D eigenvalue weighted by Crippen LogP contribution is -2.41. The average Bonchev–Trinajstić information content (AvgIpc) is 3.24. The van der Waals surface area contributed by atoms with Crippen molar-refractivity contribution >= 4 is 40.0 Å². The van der Waals surface area contributed by atoms with Gasteiger partial charge in [0.15, 0.2) is 11.5 Å². The lowest BCUT2D eigenvalue weighted by Gasteiger charge is -2.26. The molecule has 2 heterocycles. The van der Waals surface area contributed by atoms with Gasteiger partial charge in [-0.05, 0) is 53.6 Å². The maximum absolute atomic E-state index is 13.0. The minimum Gasteiger partial charge on any atom is -0.486 e. The average molecular weight is 481 g/mol. The highest BCUT2D eigenvalue weighted by Crippen LogP contribution is 2.35. The third-order valence-electron chi connectivity index (χ3n) is 5.81. The number of amides is 1. The van der Waals surface area contributed by atoms with E-state index in [0.717, 1.165) is 27.8 Å². The molecule has 5 rings (SSSR count). The van der Waals surface area contributed by atoms with Crippen LogP contribution in [-0.2, 0) is 4.79 Å². The van der Waals surface area contributed by atoms with E-state index in [9.17, 15) is 4.79 Å². The normalized spacial score (nSPS) is 15.9. The van der Waals surface area contributed by atoms with E-state index in [-0.39, 0.29) is 24.3 Å².